The molecule has 0 aliphatic heterocycles. The van der Waals surface area contributed by atoms with Gasteiger partial charge in [-0.15, -0.1) is 0 Å². The van der Waals surface area contributed by atoms with E-state index in [2.05, 4.69) is 15.5 Å². The molecule has 3 rings (SSSR count). The highest BCUT2D eigenvalue weighted by Crippen LogP contribution is 2.16. The maximum Gasteiger partial charge on any atom is 0.343 e. The first-order valence-electron chi connectivity index (χ1n) is 8.94. The Morgan fingerprint density at radius 2 is 1.72 bits per heavy atom. The molecule has 0 radical (unpaired) electrons. The summed E-state index contributed by atoms with van der Waals surface area (Å²) in [5.41, 5.74) is 4.00. The smallest absolute Gasteiger partial charge is 0.343 e. The number of hydrogen-bond acceptors (Lipinski definition) is 6. The van der Waals surface area contributed by atoms with E-state index in [9.17, 15) is 9.59 Å². The number of pyridine rings is 1. The maximum absolute atomic E-state index is 12.2. The Morgan fingerprint density at radius 1 is 1.00 bits per heavy atom. The monoisotopic (exact) mass is 389 g/mol. The quantitative estimate of drug-likeness (QED) is 0.289. The number of ether oxygens (including phenoxy) is 2. The van der Waals surface area contributed by atoms with Crippen LogP contribution in [0.2, 0.25) is 0 Å². The third kappa shape index (κ3) is 5.74. The lowest BCUT2D eigenvalue weighted by atomic mass is 10.2. The number of carbonyl (C=O) groups excluding carboxylic acids is 2. The normalized spacial score (nSPS) is 10.5. The predicted molar refractivity (Wildman–Crippen MR) is 108 cm³/mol. The van der Waals surface area contributed by atoms with Crippen LogP contribution in [0.15, 0.2) is 78.2 Å². The lowest BCUT2D eigenvalue weighted by molar-refractivity contribution is 0.0734. The molecule has 0 bridgehead atoms. The number of aromatic nitrogens is 1. The number of carbonyl (C=O) groups is 2. The van der Waals surface area contributed by atoms with E-state index in [1.165, 1.54) is 12.4 Å². The SMILES string of the molecule is CCOc1ccc(C(=O)Oc2ccc(C=NNC(=O)c3cccnc3)cc2)cc1. The van der Waals surface area contributed by atoms with Crippen LogP contribution in [0, 0.1) is 0 Å². The minimum Gasteiger partial charge on any atom is -0.494 e. The zero-order valence-corrected chi connectivity index (χ0v) is 15.7. The van der Waals surface area contributed by atoms with Crippen molar-refractivity contribution in [3.8, 4) is 11.5 Å². The summed E-state index contributed by atoms with van der Waals surface area (Å²) >= 11 is 0. The van der Waals surface area contributed by atoms with Crippen LogP contribution in [-0.2, 0) is 0 Å². The highest BCUT2D eigenvalue weighted by Gasteiger charge is 2.09. The van der Waals surface area contributed by atoms with E-state index in [0.717, 1.165) is 5.56 Å². The van der Waals surface area contributed by atoms with Gasteiger partial charge in [-0.1, -0.05) is 0 Å². The molecule has 0 saturated carbocycles. The number of esters is 1. The van der Waals surface area contributed by atoms with Gasteiger partial charge in [0, 0.05) is 12.4 Å². The maximum atomic E-state index is 12.2. The van der Waals surface area contributed by atoms with E-state index < -0.39 is 5.97 Å². The van der Waals surface area contributed by atoms with Crippen LogP contribution in [0.3, 0.4) is 0 Å². The van der Waals surface area contributed by atoms with Crippen molar-refractivity contribution in [2.24, 2.45) is 5.10 Å². The number of hydrogen-bond donors (Lipinski definition) is 1. The lowest BCUT2D eigenvalue weighted by Gasteiger charge is -2.06. The Hall–Kier alpha value is -4.00. The molecule has 0 saturated heterocycles. The molecule has 0 aliphatic carbocycles. The molecule has 2 aromatic carbocycles. The molecule has 1 aromatic heterocycles. The standard InChI is InChI=1S/C22H19N3O4/c1-2-28-19-11-7-17(8-12-19)22(27)29-20-9-5-16(6-10-20)14-24-25-21(26)18-4-3-13-23-15-18/h3-15H,2H2,1H3,(H,25,26). The van der Waals surface area contributed by atoms with Gasteiger partial charge in [-0.2, -0.15) is 5.10 Å². The summed E-state index contributed by atoms with van der Waals surface area (Å²) in [7, 11) is 0. The molecule has 1 N–H and O–H groups in total. The summed E-state index contributed by atoms with van der Waals surface area (Å²) in [4.78, 5) is 28.0. The zero-order valence-electron chi connectivity index (χ0n) is 15.7. The van der Waals surface area contributed by atoms with Gasteiger partial charge in [0.25, 0.3) is 5.91 Å². The van der Waals surface area contributed by atoms with Crippen LogP contribution in [0.4, 0.5) is 0 Å². The summed E-state index contributed by atoms with van der Waals surface area (Å²) < 4.78 is 10.7. The molecule has 7 heteroatoms. The molecule has 7 nitrogen and oxygen atoms in total. The Kier molecular flexibility index (Phi) is 6.67. The molecular formula is C22H19N3O4. The van der Waals surface area contributed by atoms with Crippen molar-refractivity contribution in [1.29, 1.82) is 0 Å². The van der Waals surface area contributed by atoms with E-state index in [1.807, 2.05) is 6.92 Å². The van der Waals surface area contributed by atoms with Crippen molar-refractivity contribution >= 4 is 18.1 Å². The van der Waals surface area contributed by atoms with Gasteiger partial charge in [-0.25, -0.2) is 10.2 Å². The van der Waals surface area contributed by atoms with Crippen LogP contribution >= 0.6 is 0 Å². The number of hydrazone groups is 1. The number of benzene rings is 2. The molecule has 0 spiro atoms. The van der Waals surface area contributed by atoms with Gasteiger partial charge in [0.1, 0.15) is 11.5 Å². The highest BCUT2D eigenvalue weighted by atomic mass is 16.5. The van der Waals surface area contributed by atoms with Crippen molar-refractivity contribution in [1.82, 2.24) is 10.4 Å². The van der Waals surface area contributed by atoms with E-state index in [4.69, 9.17) is 9.47 Å². The van der Waals surface area contributed by atoms with Gasteiger partial charge in [0.05, 0.1) is 23.9 Å². The predicted octanol–water partition coefficient (Wildman–Crippen LogP) is 3.46. The minimum atomic E-state index is -0.460. The second-order valence-corrected chi connectivity index (χ2v) is 5.86. The Labute approximate surface area is 168 Å². The third-order valence-corrected chi connectivity index (χ3v) is 3.80. The summed E-state index contributed by atoms with van der Waals surface area (Å²) in [5, 5.41) is 3.91. The third-order valence-electron chi connectivity index (χ3n) is 3.80. The molecule has 146 valence electrons. The van der Waals surface area contributed by atoms with Gasteiger partial charge >= 0.3 is 5.97 Å². The van der Waals surface area contributed by atoms with Crippen molar-refractivity contribution in [3.05, 3.63) is 89.7 Å². The van der Waals surface area contributed by atoms with Crippen molar-refractivity contribution in [2.75, 3.05) is 6.61 Å². The van der Waals surface area contributed by atoms with Gasteiger partial charge < -0.3 is 9.47 Å². The van der Waals surface area contributed by atoms with Crippen LogP contribution in [0.25, 0.3) is 0 Å². The summed E-state index contributed by atoms with van der Waals surface area (Å²) in [6.07, 6.45) is 4.54. The van der Waals surface area contributed by atoms with E-state index in [0.29, 0.717) is 29.2 Å². The first-order chi connectivity index (χ1) is 14.2. The Morgan fingerprint density at radius 3 is 2.38 bits per heavy atom. The van der Waals surface area contributed by atoms with Gasteiger partial charge in [0.15, 0.2) is 0 Å². The number of rotatable bonds is 7. The first-order valence-corrected chi connectivity index (χ1v) is 8.94. The van der Waals surface area contributed by atoms with Crippen molar-refractivity contribution in [2.45, 2.75) is 6.92 Å². The molecule has 0 fully saturated rings. The second-order valence-electron chi connectivity index (χ2n) is 5.86. The fourth-order valence-corrected chi connectivity index (χ4v) is 2.37. The molecule has 3 aromatic rings. The largest absolute Gasteiger partial charge is 0.494 e. The van der Waals surface area contributed by atoms with Gasteiger partial charge in [0.2, 0.25) is 0 Å². The fraction of sp³-hybridized carbons (Fsp3) is 0.0909. The van der Waals surface area contributed by atoms with Crippen LogP contribution in [0.5, 0.6) is 11.5 Å². The summed E-state index contributed by atoms with van der Waals surface area (Å²) in [6.45, 7) is 2.46. The average Bonchev–Trinajstić information content (AvgIpc) is 2.76. The van der Waals surface area contributed by atoms with Crippen molar-refractivity contribution < 1.29 is 19.1 Å². The second kappa shape index (κ2) is 9.80. The lowest BCUT2D eigenvalue weighted by Crippen LogP contribution is -2.17. The topological polar surface area (TPSA) is 89.9 Å². The molecule has 1 amide bonds. The van der Waals surface area contributed by atoms with Gasteiger partial charge in [-0.3, -0.25) is 9.78 Å². The average molecular weight is 389 g/mol. The molecule has 0 unspecified atom stereocenters. The Bertz CT molecular complexity index is 985. The molecular weight excluding hydrogens is 370 g/mol. The summed E-state index contributed by atoms with van der Waals surface area (Å²) in [5.74, 6) is 0.289. The number of nitrogens with one attached hydrogen (secondary N) is 1. The van der Waals surface area contributed by atoms with E-state index in [-0.39, 0.29) is 5.91 Å². The van der Waals surface area contributed by atoms with Crippen LogP contribution in [-0.4, -0.2) is 29.7 Å². The molecule has 0 atom stereocenters. The summed E-state index contributed by atoms with van der Waals surface area (Å²) in [6, 6.07) is 16.8. The molecule has 1 heterocycles. The molecule has 0 aliphatic rings. The van der Waals surface area contributed by atoms with Gasteiger partial charge in [-0.05, 0) is 73.2 Å². The first kappa shape index (κ1) is 19.8. The fourth-order valence-electron chi connectivity index (χ4n) is 2.37. The Balaban J connectivity index is 1.54. The molecule has 29 heavy (non-hydrogen) atoms. The van der Waals surface area contributed by atoms with E-state index >= 15 is 0 Å². The van der Waals surface area contributed by atoms with Crippen molar-refractivity contribution in [3.63, 3.8) is 0 Å². The number of nitrogens with zero attached hydrogens (tertiary/aromatic N) is 2. The van der Waals surface area contributed by atoms with Crippen LogP contribution in [0.1, 0.15) is 33.2 Å². The highest BCUT2D eigenvalue weighted by molar-refractivity contribution is 5.94. The minimum absolute atomic E-state index is 0.352. The number of amides is 1. The van der Waals surface area contributed by atoms with E-state index in [1.54, 1.807) is 66.9 Å². The zero-order chi connectivity index (χ0) is 20.5. The van der Waals surface area contributed by atoms with Crippen LogP contribution < -0.4 is 14.9 Å².